The van der Waals surface area contributed by atoms with Crippen molar-refractivity contribution in [2.75, 3.05) is 13.7 Å². The number of para-hydroxylation sites is 1. The molecular weight excluding hydrogens is 312 g/mol. The lowest BCUT2D eigenvalue weighted by atomic mass is 9.75. The first-order valence-corrected chi connectivity index (χ1v) is 9.40. The molecule has 3 atom stereocenters. The van der Waals surface area contributed by atoms with Gasteiger partial charge in [0, 0.05) is 34.8 Å². The van der Waals surface area contributed by atoms with E-state index >= 15 is 0 Å². The number of H-pyrrole nitrogens is 1. The molecule has 0 unspecified atom stereocenters. The molecule has 0 amide bonds. The van der Waals surface area contributed by atoms with Crippen LogP contribution in [0.2, 0.25) is 0 Å². The molecule has 1 fully saturated rings. The van der Waals surface area contributed by atoms with E-state index in [0.29, 0.717) is 18.0 Å². The van der Waals surface area contributed by atoms with Crippen molar-refractivity contribution in [3.63, 3.8) is 0 Å². The number of esters is 1. The maximum atomic E-state index is 11.9. The van der Waals surface area contributed by atoms with E-state index in [4.69, 9.17) is 4.74 Å². The molecule has 0 bridgehead atoms. The molecule has 25 heavy (non-hydrogen) atoms. The second kappa shape index (κ2) is 5.73. The van der Waals surface area contributed by atoms with Crippen LogP contribution in [0.25, 0.3) is 10.9 Å². The van der Waals surface area contributed by atoms with Crippen LogP contribution in [-0.4, -0.2) is 35.5 Å². The fourth-order valence-corrected chi connectivity index (χ4v) is 5.35. The molecule has 1 aliphatic carbocycles. The zero-order chi connectivity index (χ0) is 17.0. The molecule has 4 heteroatoms. The van der Waals surface area contributed by atoms with E-state index in [2.05, 4.69) is 40.2 Å². The molecule has 0 radical (unpaired) electrons. The first-order chi connectivity index (χ1) is 12.3. The van der Waals surface area contributed by atoms with Crippen molar-refractivity contribution >= 4 is 16.9 Å². The summed E-state index contributed by atoms with van der Waals surface area (Å²) in [5.74, 6) is 0.349. The van der Waals surface area contributed by atoms with Gasteiger partial charge in [-0.3, -0.25) is 4.90 Å². The van der Waals surface area contributed by atoms with Gasteiger partial charge in [-0.15, -0.1) is 0 Å². The summed E-state index contributed by atoms with van der Waals surface area (Å²) in [5.41, 5.74) is 5.11. The molecule has 1 N–H and O–H groups in total. The summed E-state index contributed by atoms with van der Waals surface area (Å²) < 4.78 is 4.93. The van der Waals surface area contributed by atoms with Gasteiger partial charge in [0.15, 0.2) is 0 Å². The van der Waals surface area contributed by atoms with E-state index in [0.717, 1.165) is 44.2 Å². The van der Waals surface area contributed by atoms with Crippen LogP contribution in [0.15, 0.2) is 35.9 Å². The SMILES string of the molecule is COC(=O)C1=C[C@H]2CC[C@@H]3c4[nH]c5ccccc5c4CCN3[C@@H]2CC1. The molecule has 0 spiro atoms. The molecule has 2 aromatic rings. The van der Waals surface area contributed by atoms with E-state index in [1.165, 1.54) is 29.3 Å². The molecule has 130 valence electrons. The summed E-state index contributed by atoms with van der Waals surface area (Å²) >= 11 is 0. The predicted molar refractivity (Wildman–Crippen MR) is 97.3 cm³/mol. The van der Waals surface area contributed by atoms with Crippen molar-refractivity contribution < 1.29 is 9.53 Å². The average molecular weight is 336 g/mol. The molecule has 0 saturated carbocycles. The van der Waals surface area contributed by atoms with E-state index in [1.54, 1.807) is 0 Å². The number of ether oxygens (including phenoxy) is 1. The van der Waals surface area contributed by atoms with Crippen LogP contribution < -0.4 is 0 Å². The number of rotatable bonds is 1. The Morgan fingerprint density at radius 1 is 1.20 bits per heavy atom. The van der Waals surface area contributed by atoms with Gasteiger partial charge >= 0.3 is 5.97 Å². The highest BCUT2D eigenvalue weighted by atomic mass is 16.5. The highest BCUT2D eigenvalue weighted by molar-refractivity contribution is 5.88. The molecule has 2 aliphatic heterocycles. The Morgan fingerprint density at radius 3 is 2.96 bits per heavy atom. The molecule has 3 aliphatic rings. The number of nitrogens with zero attached hydrogens (tertiary/aromatic N) is 1. The topological polar surface area (TPSA) is 45.3 Å². The van der Waals surface area contributed by atoms with E-state index in [1.807, 2.05) is 0 Å². The van der Waals surface area contributed by atoms with E-state index in [9.17, 15) is 4.79 Å². The maximum absolute atomic E-state index is 11.9. The monoisotopic (exact) mass is 336 g/mol. The summed E-state index contributed by atoms with van der Waals surface area (Å²) in [6, 6.07) is 9.75. The molecule has 1 saturated heterocycles. The molecule has 3 heterocycles. The van der Waals surface area contributed by atoms with Gasteiger partial charge in [0.25, 0.3) is 0 Å². The van der Waals surface area contributed by atoms with Gasteiger partial charge in [-0.2, -0.15) is 0 Å². The number of methoxy groups -OCH3 is 1. The van der Waals surface area contributed by atoms with Crippen LogP contribution in [0.5, 0.6) is 0 Å². The summed E-state index contributed by atoms with van der Waals surface area (Å²) in [6.45, 7) is 1.13. The first-order valence-electron chi connectivity index (χ1n) is 9.40. The zero-order valence-electron chi connectivity index (χ0n) is 14.6. The third-order valence-corrected chi connectivity index (χ3v) is 6.47. The summed E-state index contributed by atoms with van der Waals surface area (Å²) in [7, 11) is 1.48. The normalized spacial score (nSPS) is 28.7. The van der Waals surface area contributed by atoms with Crippen molar-refractivity contribution in [3.8, 4) is 0 Å². The highest BCUT2D eigenvalue weighted by Gasteiger charge is 2.42. The van der Waals surface area contributed by atoms with Gasteiger partial charge in [-0.25, -0.2) is 4.79 Å². The standard InChI is InChI=1S/C21H24N2O2/c1-25-21(24)14-7-8-18-13(12-14)6-9-19-20-16(10-11-23(18)19)15-4-2-3-5-17(15)22-20/h2-5,12-13,18-19,22H,6-11H2,1H3/t13-,18-,19-/m1/s1. The quantitative estimate of drug-likeness (QED) is 0.807. The lowest BCUT2D eigenvalue weighted by molar-refractivity contribution is -0.136. The minimum atomic E-state index is -0.142. The third-order valence-electron chi connectivity index (χ3n) is 6.47. The molecule has 5 rings (SSSR count). The summed E-state index contributed by atoms with van der Waals surface area (Å²) in [5, 5.41) is 1.40. The number of carbonyl (C=O) groups is 1. The molecule has 1 aromatic carbocycles. The van der Waals surface area contributed by atoms with Crippen molar-refractivity contribution in [2.24, 2.45) is 5.92 Å². The van der Waals surface area contributed by atoms with Gasteiger partial charge in [-0.1, -0.05) is 24.3 Å². The van der Waals surface area contributed by atoms with Crippen LogP contribution in [0.1, 0.15) is 43.0 Å². The summed E-state index contributed by atoms with van der Waals surface area (Å²) in [4.78, 5) is 18.3. The first kappa shape index (κ1) is 15.2. The van der Waals surface area contributed by atoms with Gasteiger partial charge in [0.2, 0.25) is 0 Å². The van der Waals surface area contributed by atoms with E-state index < -0.39 is 0 Å². The Bertz CT molecular complexity index is 866. The number of nitrogens with one attached hydrogen (secondary N) is 1. The largest absolute Gasteiger partial charge is 0.466 e. The zero-order valence-corrected chi connectivity index (χ0v) is 14.6. The second-order valence-electron chi connectivity index (χ2n) is 7.60. The Hall–Kier alpha value is -2.07. The fraction of sp³-hybridized carbons (Fsp3) is 0.476. The number of hydrogen-bond donors (Lipinski definition) is 1. The Morgan fingerprint density at radius 2 is 2.08 bits per heavy atom. The smallest absolute Gasteiger partial charge is 0.333 e. The van der Waals surface area contributed by atoms with Gasteiger partial charge in [-0.05, 0) is 49.7 Å². The number of aromatic nitrogens is 1. The average Bonchev–Trinajstić information content (AvgIpc) is 3.05. The maximum Gasteiger partial charge on any atom is 0.333 e. The van der Waals surface area contributed by atoms with E-state index in [-0.39, 0.29) is 5.97 Å². The number of hydrogen-bond acceptors (Lipinski definition) is 3. The predicted octanol–water partition coefficient (Wildman–Crippen LogP) is 3.74. The van der Waals surface area contributed by atoms with Crippen molar-refractivity contribution in [3.05, 3.63) is 47.2 Å². The number of piperidine rings is 1. The molecule has 1 aromatic heterocycles. The number of aromatic amines is 1. The van der Waals surface area contributed by atoms with Gasteiger partial charge < -0.3 is 9.72 Å². The van der Waals surface area contributed by atoms with Crippen molar-refractivity contribution in [2.45, 2.75) is 44.2 Å². The lowest BCUT2D eigenvalue weighted by Gasteiger charge is -2.49. The van der Waals surface area contributed by atoms with Crippen molar-refractivity contribution in [1.29, 1.82) is 0 Å². The summed E-state index contributed by atoms with van der Waals surface area (Å²) in [6.07, 6.45) is 7.55. The number of fused-ring (bicyclic) bond motifs is 7. The van der Waals surface area contributed by atoms with Crippen LogP contribution in [0.4, 0.5) is 0 Å². The second-order valence-corrected chi connectivity index (χ2v) is 7.60. The van der Waals surface area contributed by atoms with Gasteiger partial charge in [0.1, 0.15) is 0 Å². The van der Waals surface area contributed by atoms with Crippen molar-refractivity contribution in [1.82, 2.24) is 9.88 Å². The minimum absolute atomic E-state index is 0.142. The van der Waals surface area contributed by atoms with Crippen LogP contribution in [0, 0.1) is 5.92 Å². The third kappa shape index (κ3) is 2.27. The Kier molecular flexibility index (Phi) is 3.49. The van der Waals surface area contributed by atoms with Crippen LogP contribution >= 0.6 is 0 Å². The Labute approximate surface area is 147 Å². The Balaban J connectivity index is 1.48. The number of benzene rings is 1. The van der Waals surface area contributed by atoms with Gasteiger partial charge in [0.05, 0.1) is 13.2 Å². The minimum Gasteiger partial charge on any atom is -0.466 e. The van der Waals surface area contributed by atoms with Crippen LogP contribution in [-0.2, 0) is 16.0 Å². The fourth-order valence-electron chi connectivity index (χ4n) is 5.35. The molecular formula is C21H24N2O2. The van der Waals surface area contributed by atoms with Crippen LogP contribution in [0.3, 0.4) is 0 Å². The molecule has 4 nitrogen and oxygen atoms in total. The number of carbonyl (C=O) groups excluding carboxylic acids is 1. The lowest BCUT2D eigenvalue weighted by Crippen LogP contribution is -2.50. The highest BCUT2D eigenvalue weighted by Crippen LogP contribution is 2.46.